The smallest absolute Gasteiger partial charge is 0.177 e. The van der Waals surface area contributed by atoms with Crippen LogP contribution in [0.1, 0.15) is 19.8 Å². The second kappa shape index (κ2) is 6.23. The zero-order valence-electron chi connectivity index (χ0n) is 13.0. The molecule has 118 valence electrons. The Hall–Kier alpha value is -1.27. The summed E-state index contributed by atoms with van der Waals surface area (Å²) in [4.78, 5) is 4.82. The fourth-order valence-electron chi connectivity index (χ4n) is 3.02. The second-order valence-electron chi connectivity index (χ2n) is 5.83. The molecular formula is C15H25N3O2S. The van der Waals surface area contributed by atoms with Crippen molar-refractivity contribution in [2.24, 2.45) is 0 Å². The Kier molecular flexibility index (Phi) is 4.78. The summed E-state index contributed by atoms with van der Waals surface area (Å²) in [7, 11) is -1.17. The highest BCUT2D eigenvalue weighted by molar-refractivity contribution is 7.90. The van der Waals surface area contributed by atoms with Crippen LogP contribution in [0, 0.1) is 0 Å². The van der Waals surface area contributed by atoms with Gasteiger partial charge in [0, 0.05) is 25.4 Å². The summed E-state index contributed by atoms with van der Waals surface area (Å²) in [5.74, 6) is 0. The van der Waals surface area contributed by atoms with E-state index in [-0.39, 0.29) is 4.90 Å². The minimum atomic E-state index is -3.30. The Bertz CT molecular complexity index is 601. The second-order valence-corrected chi connectivity index (χ2v) is 7.82. The van der Waals surface area contributed by atoms with Gasteiger partial charge < -0.3 is 15.5 Å². The summed E-state index contributed by atoms with van der Waals surface area (Å²) in [6, 6.07) is 5.65. The average molecular weight is 311 g/mol. The van der Waals surface area contributed by atoms with Crippen molar-refractivity contribution in [1.29, 1.82) is 0 Å². The minimum absolute atomic E-state index is 0.229. The van der Waals surface area contributed by atoms with E-state index in [1.807, 2.05) is 6.07 Å². The van der Waals surface area contributed by atoms with Crippen LogP contribution in [0.5, 0.6) is 0 Å². The molecule has 1 fully saturated rings. The van der Waals surface area contributed by atoms with Crippen LogP contribution < -0.4 is 10.6 Å². The molecule has 0 radical (unpaired) electrons. The largest absolute Gasteiger partial charge is 0.396 e. The maximum absolute atomic E-state index is 11.9. The van der Waals surface area contributed by atoms with Gasteiger partial charge in [-0.3, -0.25) is 0 Å². The van der Waals surface area contributed by atoms with Gasteiger partial charge in [-0.2, -0.15) is 0 Å². The average Bonchev–Trinajstić information content (AvgIpc) is 2.59. The van der Waals surface area contributed by atoms with Crippen LogP contribution >= 0.6 is 0 Å². The first-order valence-corrected chi connectivity index (χ1v) is 9.27. The van der Waals surface area contributed by atoms with Gasteiger partial charge in [0.05, 0.1) is 16.3 Å². The number of hydrogen-bond donors (Lipinski definition) is 1. The molecule has 0 saturated carbocycles. The number of rotatable bonds is 3. The van der Waals surface area contributed by atoms with Gasteiger partial charge in [-0.25, -0.2) is 8.42 Å². The normalized spacial score (nSPS) is 21.3. The van der Waals surface area contributed by atoms with Gasteiger partial charge in [0.15, 0.2) is 9.84 Å². The van der Waals surface area contributed by atoms with E-state index in [0.717, 1.165) is 38.2 Å². The van der Waals surface area contributed by atoms with Crippen LogP contribution in [-0.2, 0) is 9.84 Å². The molecule has 1 aliphatic heterocycles. The maximum atomic E-state index is 11.9. The number of likely N-dealkylation sites (N-methyl/N-ethyl adjacent to an activating group) is 1. The zero-order chi connectivity index (χ0) is 15.6. The van der Waals surface area contributed by atoms with Gasteiger partial charge in [-0.15, -0.1) is 0 Å². The lowest BCUT2D eigenvalue weighted by Gasteiger charge is -2.33. The number of nitrogens with zero attached hydrogens (tertiary/aromatic N) is 2. The summed E-state index contributed by atoms with van der Waals surface area (Å²) in [5.41, 5.74) is 7.39. The van der Waals surface area contributed by atoms with Crippen molar-refractivity contribution in [3.05, 3.63) is 18.2 Å². The molecule has 1 unspecified atom stereocenters. The van der Waals surface area contributed by atoms with Crippen LogP contribution in [0.15, 0.2) is 23.1 Å². The van der Waals surface area contributed by atoms with E-state index < -0.39 is 9.84 Å². The highest BCUT2D eigenvalue weighted by Gasteiger charge is 2.25. The Balaban J connectivity index is 2.45. The predicted octanol–water partition coefficient (Wildman–Crippen LogP) is 1.59. The Morgan fingerprint density at radius 3 is 2.67 bits per heavy atom. The van der Waals surface area contributed by atoms with E-state index in [9.17, 15) is 8.42 Å². The lowest BCUT2D eigenvalue weighted by Crippen LogP contribution is -2.40. The Labute approximate surface area is 127 Å². The maximum Gasteiger partial charge on any atom is 0.177 e. The lowest BCUT2D eigenvalue weighted by molar-refractivity contribution is 0.328. The van der Waals surface area contributed by atoms with Gasteiger partial charge in [-0.1, -0.05) is 13.0 Å². The number of benzene rings is 1. The molecule has 1 heterocycles. The Morgan fingerprint density at radius 1 is 1.33 bits per heavy atom. The van der Waals surface area contributed by atoms with Crippen molar-refractivity contribution in [2.75, 3.05) is 43.6 Å². The number of para-hydroxylation sites is 1. The first-order chi connectivity index (χ1) is 9.84. The van der Waals surface area contributed by atoms with Gasteiger partial charge >= 0.3 is 0 Å². The quantitative estimate of drug-likeness (QED) is 0.859. The van der Waals surface area contributed by atoms with E-state index in [1.165, 1.54) is 6.26 Å². The predicted molar refractivity (Wildman–Crippen MR) is 87.5 cm³/mol. The number of anilines is 2. The molecule has 1 aromatic rings. The molecule has 21 heavy (non-hydrogen) atoms. The van der Waals surface area contributed by atoms with Crippen molar-refractivity contribution in [1.82, 2.24) is 4.90 Å². The number of hydrogen-bond acceptors (Lipinski definition) is 5. The molecule has 0 spiro atoms. The zero-order valence-corrected chi connectivity index (χ0v) is 13.9. The van der Waals surface area contributed by atoms with E-state index in [2.05, 4.69) is 23.8 Å². The molecule has 0 bridgehead atoms. The van der Waals surface area contributed by atoms with Gasteiger partial charge in [0.2, 0.25) is 0 Å². The molecule has 6 heteroatoms. The fourth-order valence-corrected chi connectivity index (χ4v) is 3.85. The topological polar surface area (TPSA) is 66.6 Å². The third kappa shape index (κ3) is 3.49. The van der Waals surface area contributed by atoms with Crippen LogP contribution in [0.4, 0.5) is 11.4 Å². The molecule has 0 aromatic heterocycles. The molecule has 0 aliphatic carbocycles. The molecule has 1 aliphatic rings. The van der Waals surface area contributed by atoms with E-state index in [1.54, 1.807) is 12.1 Å². The number of nitrogen functional groups attached to an aromatic ring is 1. The number of sulfone groups is 1. The highest BCUT2D eigenvalue weighted by Crippen LogP contribution is 2.32. The molecule has 1 aromatic carbocycles. The van der Waals surface area contributed by atoms with Crippen LogP contribution in [0.25, 0.3) is 0 Å². The standard InChI is InChI=1S/C15H25N3O2S/c1-4-12-11-17(2)9-6-10-18(12)13-7-5-8-14(15(13)16)21(3,19)20/h5,7-8,12H,4,6,9-11,16H2,1-3H3. The van der Waals surface area contributed by atoms with Crippen molar-refractivity contribution in [3.8, 4) is 0 Å². The third-order valence-corrected chi connectivity index (χ3v) is 5.28. The number of nitrogens with two attached hydrogens (primary N) is 1. The Morgan fingerprint density at radius 2 is 2.05 bits per heavy atom. The summed E-state index contributed by atoms with van der Waals surface area (Å²) in [6.07, 6.45) is 3.26. The van der Waals surface area contributed by atoms with Gasteiger partial charge in [0.25, 0.3) is 0 Å². The van der Waals surface area contributed by atoms with E-state index in [4.69, 9.17) is 5.73 Å². The van der Waals surface area contributed by atoms with Gasteiger partial charge in [0.1, 0.15) is 0 Å². The molecule has 1 atom stereocenters. The minimum Gasteiger partial charge on any atom is -0.396 e. The van der Waals surface area contributed by atoms with Crippen LogP contribution in [-0.4, -0.2) is 52.3 Å². The summed E-state index contributed by atoms with van der Waals surface area (Å²) < 4.78 is 23.7. The molecule has 1 saturated heterocycles. The van der Waals surface area contributed by atoms with Crippen molar-refractivity contribution < 1.29 is 8.42 Å². The van der Waals surface area contributed by atoms with E-state index >= 15 is 0 Å². The first-order valence-electron chi connectivity index (χ1n) is 7.38. The molecule has 5 nitrogen and oxygen atoms in total. The monoisotopic (exact) mass is 311 g/mol. The van der Waals surface area contributed by atoms with Crippen molar-refractivity contribution in [2.45, 2.75) is 30.7 Å². The molecule has 0 amide bonds. The summed E-state index contributed by atoms with van der Waals surface area (Å²) >= 11 is 0. The fraction of sp³-hybridized carbons (Fsp3) is 0.600. The summed E-state index contributed by atoms with van der Waals surface area (Å²) in [5, 5.41) is 0. The lowest BCUT2D eigenvalue weighted by atomic mass is 10.1. The SMILES string of the molecule is CCC1CN(C)CCCN1c1cccc(S(C)(=O)=O)c1N. The van der Waals surface area contributed by atoms with Gasteiger partial charge in [-0.05, 0) is 38.6 Å². The molecule has 2 N–H and O–H groups in total. The van der Waals surface area contributed by atoms with Crippen LogP contribution in [0.3, 0.4) is 0 Å². The van der Waals surface area contributed by atoms with Crippen molar-refractivity contribution in [3.63, 3.8) is 0 Å². The van der Waals surface area contributed by atoms with E-state index in [0.29, 0.717) is 11.7 Å². The first kappa shape index (κ1) is 16.1. The third-order valence-electron chi connectivity index (χ3n) is 4.13. The highest BCUT2D eigenvalue weighted by atomic mass is 32.2. The van der Waals surface area contributed by atoms with Crippen molar-refractivity contribution >= 4 is 21.2 Å². The summed E-state index contributed by atoms with van der Waals surface area (Å²) in [6.45, 7) is 5.09. The molecular weight excluding hydrogens is 286 g/mol. The molecule has 2 rings (SSSR count). The van der Waals surface area contributed by atoms with Crippen LogP contribution in [0.2, 0.25) is 0 Å².